The van der Waals surface area contributed by atoms with E-state index in [1.807, 2.05) is 31.2 Å². The molecule has 4 heteroatoms. The van der Waals surface area contributed by atoms with Gasteiger partial charge in [0.2, 0.25) is 0 Å². The van der Waals surface area contributed by atoms with Crippen molar-refractivity contribution in [1.82, 2.24) is 4.98 Å². The molecule has 0 aliphatic rings. The first-order valence-corrected chi connectivity index (χ1v) is 6.92. The summed E-state index contributed by atoms with van der Waals surface area (Å²) >= 11 is 0. The van der Waals surface area contributed by atoms with Gasteiger partial charge < -0.3 is 9.64 Å². The Hall–Kier alpha value is -2.12. The van der Waals surface area contributed by atoms with E-state index in [2.05, 4.69) is 22.9 Å². The number of benzene rings is 1. The molecule has 0 fully saturated rings. The lowest BCUT2D eigenvalue weighted by atomic mass is 10.1. The summed E-state index contributed by atoms with van der Waals surface area (Å²) in [6, 6.07) is 10.2. The second-order valence-corrected chi connectivity index (χ2v) is 4.43. The fraction of sp³-hybridized carbons (Fsp3) is 0.375. The number of hydrogen-bond acceptors (Lipinski definition) is 4. The zero-order valence-electron chi connectivity index (χ0n) is 12.0. The van der Waals surface area contributed by atoms with Crippen LogP contribution in [0.1, 0.15) is 19.4 Å². The van der Waals surface area contributed by atoms with Crippen molar-refractivity contribution in [3.63, 3.8) is 0 Å². The maximum atomic E-state index is 9.35. The van der Waals surface area contributed by atoms with E-state index < -0.39 is 0 Å². The molecule has 1 aromatic heterocycles. The molecule has 1 heterocycles. The quantitative estimate of drug-likeness (QED) is 0.756. The van der Waals surface area contributed by atoms with E-state index in [0.29, 0.717) is 18.8 Å². The van der Waals surface area contributed by atoms with Gasteiger partial charge in [-0.1, -0.05) is 18.2 Å². The highest BCUT2D eigenvalue weighted by atomic mass is 16.5. The highest BCUT2D eigenvalue weighted by Crippen LogP contribution is 2.28. The number of para-hydroxylation sites is 1. The molecule has 4 nitrogen and oxygen atoms in total. The van der Waals surface area contributed by atoms with E-state index in [1.54, 1.807) is 6.20 Å². The molecule has 104 valence electrons. The standard InChI is InChI=1S/C16H19N3O/c1-3-19(9-10-20-4-2)16-13(11-17)12-18-15-8-6-5-7-14(15)16/h5-8,12H,3-4,9-10H2,1-2H3. The number of ether oxygens (including phenoxy) is 1. The molecule has 2 rings (SSSR count). The van der Waals surface area contributed by atoms with Gasteiger partial charge in [0.25, 0.3) is 0 Å². The average Bonchev–Trinajstić information content (AvgIpc) is 2.51. The fourth-order valence-electron chi connectivity index (χ4n) is 2.30. The Morgan fingerprint density at radius 2 is 2.10 bits per heavy atom. The lowest BCUT2D eigenvalue weighted by Gasteiger charge is -2.25. The Balaban J connectivity index is 2.46. The smallest absolute Gasteiger partial charge is 0.103 e. The molecule has 0 saturated carbocycles. The van der Waals surface area contributed by atoms with Crippen LogP contribution in [0.4, 0.5) is 5.69 Å². The summed E-state index contributed by atoms with van der Waals surface area (Å²) < 4.78 is 5.43. The average molecular weight is 269 g/mol. The molecular formula is C16H19N3O. The van der Waals surface area contributed by atoms with Crippen LogP contribution < -0.4 is 4.90 Å². The summed E-state index contributed by atoms with van der Waals surface area (Å²) in [5.41, 5.74) is 2.48. The minimum Gasteiger partial charge on any atom is -0.380 e. The highest BCUT2D eigenvalue weighted by molar-refractivity contribution is 5.94. The Kier molecular flexibility index (Phi) is 4.91. The van der Waals surface area contributed by atoms with E-state index >= 15 is 0 Å². The van der Waals surface area contributed by atoms with E-state index in [-0.39, 0.29) is 0 Å². The zero-order chi connectivity index (χ0) is 14.4. The third-order valence-corrected chi connectivity index (χ3v) is 3.28. The molecule has 0 aliphatic heterocycles. The van der Waals surface area contributed by atoms with Gasteiger partial charge >= 0.3 is 0 Å². The third kappa shape index (κ3) is 2.89. The van der Waals surface area contributed by atoms with E-state index in [0.717, 1.165) is 29.7 Å². The number of nitrogens with zero attached hydrogens (tertiary/aromatic N) is 3. The third-order valence-electron chi connectivity index (χ3n) is 3.28. The van der Waals surface area contributed by atoms with Gasteiger partial charge in [0, 0.05) is 31.3 Å². The molecule has 1 aromatic carbocycles. The lowest BCUT2D eigenvalue weighted by molar-refractivity contribution is 0.154. The number of fused-ring (bicyclic) bond motifs is 1. The van der Waals surface area contributed by atoms with E-state index in [4.69, 9.17) is 4.74 Å². The van der Waals surface area contributed by atoms with Crippen molar-refractivity contribution in [2.24, 2.45) is 0 Å². The SMILES string of the molecule is CCOCCN(CC)c1c(C#N)cnc2ccccc12. The van der Waals surface area contributed by atoms with Gasteiger partial charge in [-0.25, -0.2) is 0 Å². The molecule has 2 aromatic rings. The predicted octanol–water partition coefficient (Wildman–Crippen LogP) is 2.97. The minimum absolute atomic E-state index is 0.613. The summed E-state index contributed by atoms with van der Waals surface area (Å²) in [7, 11) is 0. The molecule has 0 unspecified atom stereocenters. The van der Waals surface area contributed by atoms with Gasteiger partial charge in [-0.05, 0) is 19.9 Å². The maximum Gasteiger partial charge on any atom is 0.103 e. The molecule has 0 amide bonds. The van der Waals surface area contributed by atoms with Crippen LogP contribution in [0.25, 0.3) is 10.9 Å². The van der Waals surface area contributed by atoms with Crippen LogP contribution in [0.3, 0.4) is 0 Å². The monoisotopic (exact) mass is 269 g/mol. The molecule has 0 aliphatic carbocycles. The summed E-state index contributed by atoms with van der Waals surface area (Å²) in [5.74, 6) is 0. The predicted molar refractivity (Wildman–Crippen MR) is 80.8 cm³/mol. The molecule has 0 bridgehead atoms. The number of aromatic nitrogens is 1. The Bertz CT molecular complexity index is 619. The molecule has 20 heavy (non-hydrogen) atoms. The van der Waals surface area contributed by atoms with Crippen molar-refractivity contribution in [3.8, 4) is 6.07 Å². The van der Waals surface area contributed by atoms with Gasteiger partial charge in [0.15, 0.2) is 0 Å². The first-order chi connectivity index (χ1) is 9.81. The van der Waals surface area contributed by atoms with Crippen LogP contribution in [0.15, 0.2) is 30.5 Å². The summed E-state index contributed by atoms with van der Waals surface area (Å²) in [6.45, 7) is 7.04. The number of anilines is 1. The van der Waals surface area contributed by atoms with Crippen LogP contribution in [0.2, 0.25) is 0 Å². The number of likely N-dealkylation sites (N-methyl/N-ethyl adjacent to an activating group) is 1. The lowest BCUT2D eigenvalue weighted by Crippen LogP contribution is -2.28. The summed E-state index contributed by atoms with van der Waals surface area (Å²) in [6.07, 6.45) is 1.65. The molecule has 0 saturated heterocycles. The minimum atomic E-state index is 0.613. The largest absolute Gasteiger partial charge is 0.380 e. The molecule has 0 spiro atoms. The van der Waals surface area contributed by atoms with Gasteiger partial charge in [-0.2, -0.15) is 5.26 Å². The number of hydrogen-bond donors (Lipinski definition) is 0. The van der Waals surface area contributed by atoms with Crippen LogP contribution in [0, 0.1) is 11.3 Å². The van der Waals surface area contributed by atoms with Crippen molar-refractivity contribution in [1.29, 1.82) is 5.26 Å². The van der Waals surface area contributed by atoms with E-state index in [9.17, 15) is 5.26 Å². The Morgan fingerprint density at radius 1 is 1.30 bits per heavy atom. The van der Waals surface area contributed by atoms with Crippen LogP contribution in [-0.4, -0.2) is 31.3 Å². The van der Waals surface area contributed by atoms with Crippen LogP contribution in [-0.2, 0) is 4.74 Å². The van der Waals surface area contributed by atoms with Crippen LogP contribution in [0.5, 0.6) is 0 Å². The van der Waals surface area contributed by atoms with Gasteiger partial charge in [0.1, 0.15) is 6.07 Å². The first-order valence-electron chi connectivity index (χ1n) is 6.92. The van der Waals surface area contributed by atoms with Gasteiger partial charge in [-0.3, -0.25) is 4.98 Å². The first kappa shape index (κ1) is 14.3. The number of pyridine rings is 1. The zero-order valence-corrected chi connectivity index (χ0v) is 12.0. The number of rotatable bonds is 6. The molecular weight excluding hydrogens is 250 g/mol. The van der Waals surface area contributed by atoms with E-state index in [1.165, 1.54) is 0 Å². The van der Waals surface area contributed by atoms with Crippen molar-refractivity contribution in [3.05, 3.63) is 36.0 Å². The topological polar surface area (TPSA) is 49.1 Å². The van der Waals surface area contributed by atoms with Crippen molar-refractivity contribution in [2.45, 2.75) is 13.8 Å². The highest BCUT2D eigenvalue weighted by Gasteiger charge is 2.14. The van der Waals surface area contributed by atoms with Gasteiger partial charge in [0.05, 0.1) is 23.4 Å². The Morgan fingerprint density at radius 3 is 2.80 bits per heavy atom. The van der Waals surface area contributed by atoms with Crippen LogP contribution >= 0.6 is 0 Å². The normalized spacial score (nSPS) is 10.4. The second-order valence-electron chi connectivity index (χ2n) is 4.43. The van der Waals surface area contributed by atoms with Crippen molar-refractivity contribution in [2.75, 3.05) is 31.2 Å². The molecule has 0 atom stereocenters. The Labute approximate surface area is 119 Å². The fourth-order valence-corrected chi connectivity index (χ4v) is 2.30. The molecule has 0 N–H and O–H groups in total. The summed E-state index contributed by atoms with van der Waals surface area (Å²) in [4.78, 5) is 6.52. The molecule has 0 radical (unpaired) electrons. The number of nitriles is 1. The van der Waals surface area contributed by atoms with Crippen molar-refractivity contribution < 1.29 is 4.74 Å². The second kappa shape index (κ2) is 6.88. The van der Waals surface area contributed by atoms with Gasteiger partial charge in [-0.15, -0.1) is 0 Å². The maximum absolute atomic E-state index is 9.35. The van der Waals surface area contributed by atoms with Crippen molar-refractivity contribution >= 4 is 16.6 Å². The summed E-state index contributed by atoms with van der Waals surface area (Å²) in [5, 5.41) is 10.4.